The Kier molecular flexibility index (Phi) is 5.12. The van der Waals surface area contributed by atoms with Crippen LogP contribution in [0.4, 0.5) is 4.79 Å². The summed E-state index contributed by atoms with van der Waals surface area (Å²) in [6.07, 6.45) is -0.164. The first kappa shape index (κ1) is 16.8. The third-order valence-electron chi connectivity index (χ3n) is 4.25. The molecular weight excluding hydrogens is 276 g/mol. The van der Waals surface area contributed by atoms with E-state index in [2.05, 4.69) is 24.0 Å². The van der Waals surface area contributed by atoms with Crippen LogP contribution in [0, 0.1) is 5.92 Å². The van der Waals surface area contributed by atoms with Gasteiger partial charge in [0.2, 0.25) is 0 Å². The Labute approximate surface area is 133 Å². The van der Waals surface area contributed by atoms with Crippen molar-refractivity contribution in [2.24, 2.45) is 5.92 Å². The van der Waals surface area contributed by atoms with Gasteiger partial charge >= 0.3 is 0 Å². The molecule has 1 aliphatic rings. The van der Waals surface area contributed by atoms with Crippen LogP contribution in [0.5, 0.6) is 0 Å². The maximum atomic E-state index is 11.6. The minimum Gasteiger partial charge on any atom is -0.530 e. The first-order chi connectivity index (χ1) is 10.3. The van der Waals surface area contributed by atoms with E-state index in [1.54, 1.807) is 0 Å². The van der Waals surface area contributed by atoms with Crippen molar-refractivity contribution in [3.63, 3.8) is 0 Å². The number of rotatable bonds is 3. The highest BCUT2D eigenvalue weighted by Crippen LogP contribution is 2.27. The molecule has 1 amide bonds. The lowest BCUT2D eigenvalue weighted by molar-refractivity contribution is -0.274. The molecule has 1 saturated heterocycles. The zero-order valence-corrected chi connectivity index (χ0v) is 14.1. The van der Waals surface area contributed by atoms with E-state index in [1.807, 2.05) is 39.0 Å². The number of amides is 1. The highest BCUT2D eigenvalue weighted by molar-refractivity contribution is 5.64. The van der Waals surface area contributed by atoms with E-state index in [0.717, 1.165) is 26.1 Å². The molecule has 2 atom stereocenters. The number of hydrogen-bond acceptors (Lipinski definition) is 3. The zero-order chi connectivity index (χ0) is 16.3. The van der Waals surface area contributed by atoms with E-state index in [0.29, 0.717) is 5.92 Å². The molecule has 1 aromatic rings. The van der Waals surface area contributed by atoms with Crippen LogP contribution in [0.3, 0.4) is 0 Å². The number of carbonyl (C=O) groups excluding carboxylic acids is 1. The third-order valence-corrected chi connectivity index (χ3v) is 4.25. The molecule has 4 heteroatoms. The molecular formula is C18H27N2O2-. The Bertz CT molecular complexity index is 496. The van der Waals surface area contributed by atoms with Gasteiger partial charge in [-0.1, -0.05) is 37.3 Å². The molecule has 0 aliphatic carbocycles. The summed E-state index contributed by atoms with van der Waals surface area (Å²) in [5, 5.41) is 11.6. The van der Waals surface area contributed by atoms with E-state index in [1.165, 1.54) is 10.5 Å². The summed E-state index contributed by atoms with van der Waals surface area (Å²) in [7, 11) is 0. The van der Waals surface area contributed by atoms with Crippen LogP contribution in [-0.4, -0.2) is 40.6 Å². The van der Waals surface area contributed by atoms with Gasteiger partial charge < -0.3 is 14.8 Å². The maximum absolute atomic E-state index is 11.6. The van der Waals surface area contributed by atoms with Crippen molar-refractivity contribution >= 4 is 6.09 Å². The van der Waals surface area contributed by atoms with Crippen LogP contribution in [0.15, 0.2) is 30.3 Å². The van der Waals surface area contributed by atoms with E-state index in [-0.39, 0.29) is 6.04 Å². The van der Waals surface area contributed by atoms with Crippen molar-refractivity contribution in [3.8, 4) is 0 Å². The Balaban J connectivity index is 2.11. The molecule has 0 saturated carbocycles. The second-order valence-electron chi connectivity index (χ2n) is 7.48. The van der Waals surface area contributed by atoms with Crippen LogP contribution in [0.25, 0.3) is 0 Å². The molecule has 0 radical (unpaired) electrons. The smallest absolute Gasteiger partial charge is 0.137 e. The lowest BCUT2D eigenvalue weighted by atomic mass is 9.91. The number of nitrogens with zero attached hydrogens (tertiary/aromatic N) is 2. The number of hydrogen-bond donors (Lipinski definition) is 0. The number of carbonyl (C=O) groups is 1. The molecule has 0 bridgehead atoms. The van der Waals surface area contributed by atoms with Gasteiger partial charge in [0.15, 0.2) is 0 Å². The Hall–Kier alpha value is -1.55. The maximum Gasteiger partial charge on any atom is 0.137 e. The van der Waals surface area contributed by atoms with Gasteiger partial charge in [-0.05, 0) is 38.7 Å². The van der Waals surface area contributed by atoms with Gasteiger partial charge in [-0.25, -0.2) is 0 Å². The van der Waals surface area contributed by atoms with Gasteiger partial charge in [-0.3, -0.25) is 4.90 Å². The van der Waals surface area contributed by atoms with Crippen molar-refractivity contribution < 1.29 is 9.90 Å². The normalized spacial score (nSPS) is 23.3. The summed E-state index contributed by atoms with van der Waals surface area (Å²) in [6, 6.07) is 10.3. The number of likely N-dealkylation sites (tertiary alicyclic amines) is 1. The monoisotopic (exact) mass is 303 g/mol. The quantitative estimate of drug-likeness (QED) is 0.861. The van der Waals surface area contributed by atoms with Gasteiger partial charge in [-0.15, -0.1) is 0 Å². The molecule has 1 aliphatic heterocycles. The van der Waals surface area contributed by atoms with Crippen molar-refractivity contribution in [1.29, 1.82) is 0 Å². The summed E-state index contributed by atoms with van der Waals surface area (Å²) in [6.45, 7) is 10.6. The average molecular weight is 303 g/mol. The lowest BCUT2D eigenvalue weighted by Crippen LogP contribution is -2.61. The summed E-state index contributed by atoms with van der Waals surface area (Å²) in [5.41, 5.74) is 0.838. The van der Waals surface area contributed by atoms with Crippen LogP contribution < -0.4 is 5.11 Å². The Morgan fingerprint density at radius 1 is 1.27 bits per heavy atom. The largest absolute Gasteiger partial charge is 0.530 e. The minimum absolute atomic E-state index is 0.00235. The third kappa shape index (κ3) is 4.23. The van der Waals surface area contributed by atoms with Crippen LogP contribution in [0.2, 0.25) is 0 Å². The highest BCUT2D eigenvalue weighted by atomic mass is 16.4. The molecule has 4 nitrogen and oxygen atoms in total. The van der Waals surface area contributed by atoms with Gasteiger partial charge in [0, 0.05) is 31.2 Å². The Morgan fingerprint density at radius 3 is 2.45 bits per heavy atom. The van der Waals surface area contributed by atoms with Crippen LogP contribution in [0.1, 0.15) is 39.7 Å². The number of carboxylic acid groups (broad SMARTS) is 1. The standard InChI is InChI=1S/C18H28N2O2/c1-14-10-16(20(17(21)22)18(2,3)4)13-19(11-14)12-15-8-6-5-7-9-15/h5-9,14,16H,10-13H2,1-4H3,(H,21,22)/p-1/t14-,16-/m1/s1. The van der Waals surface area contributed by atoms with Crippen molar-refractivity contribution in [2.45, 2.75) is 52.2 Å². The van der Waals surface area contributed by atoms with Gasteiger partial charge in [0.25, 0.3) is 0 Å². The summed E-state index contributed by atoms with van der Waals surface area (Å²) < 4.78 is 0. The van der Waals surface area contributed by atoms with Gasteiger partial charge in [-0.2, -0.15) is 0 Å². The van der Waals surface area contributed by atoms with Crippen LogP contribution >= 0.6 is 0 Å². The van der Waals surface area contributed by atoms with E-state index < -0.39 is 11.6 Å². The molecule has 0 N–H and O–H groups in total. The highest BCUT2D eigenvalue weighted by Gasteiger charge is 2.34. The number of benzene rings is 1. The van der Waals surface area contributed by atoms with Crippen molar-refractivity contribution in [3.05, 3.63) is 35.9 Å². The van der Waals surface area contributed by atoms with E-state index >= 15 is 0 Å². The first-order valence-corrected chi connectivity index (χ1v) is 8.04. The fraction of sp³-hybridized carbons (Fsp3) is 0.611. The predicted molar refractivity (Wildman–Crippen MR) is 86.3 cm³/mol. The van der Waals surface area contributed by atoms with E-state index in [9.17, 15) is 9.90 Å². The molecule has 2 rings (SSSR count). The molecule has 0 spiro atoms. The van der Waals surface area contributed by atoms with Crippen LogP contribution in [-0.2, 0) is 6.54 Å². The zero-order valence-electron chi connectivity index (χ0n) is 14.1. The summed E-state index contributed by atoms with van der Waals surface area (Å²) in [4.78, 5) is 15.5. The van der Waals surface area contributed by atoms with Gasteiger partial charge in [0.1, 0.15) is 6.09 Å². The summed E-state index contributed by atoms with van der Waals surface area (Å²) in [5.74, 6) is 0.478. The van der Waals surface area contributed by atoms with Crippen molar-refractivity contribution in [2.75, 3.05) is 13.1 Å². The van der Waals surface area contributed by atoms with Crippen molar-refractivity contribution in [1.82, 2.24) is 9.80 Å². The summed E-state index contributed by atoms with van der Waals surface area (Å²) >= 11 is 0. The molecule has 1 aromatic carbocycles. The average Bonchev–Trinajstić information content (AvgIpc) is 2.36. The van der Waals surface area contributed by atoms with E-state index in [4.69, 9.17) is 0 Å². The predicted octanol–water partition coefficient (Wildman–Crippen LogP) is 2.34. The second-order valence-corrected chi connectivity index (χ2v) is 7.48. The fourth-order valence-corrected chi connectivity index (χ4v) is 3.56. The number of piperidine rings is 1. The van der Waals surface area contributed by atoms with Gasteiger partial charge in [0.05, 0.1) is 0 Å². The topological polar surface area (TPSA) is 46.6 Å². The molecule has 1 heterocycles. The molecule has 1 fully saturated rings. The first-order valence-electron chi connectivity index (χ1n) is 8.04. The fourth-order valence-electron chi connectivity index (χ4n) is 3.56. The second kappa shape index (κ2) is 6.69. The minimum atomic E-state index is -1.06. The molecule has 22 heavy (non-hydrogen) atoms. The molecule has 122 valence electrons. The lowest BCUT2D eigenvalue weighted by Gasteiger charge is -2.48. The molecule has 0 unspecified atom stereocenters. The SMILES string of the molecule is C[C@@H]1C[C@@H](N(C(=O)[O-])C(C)(C)C)CN(Cc2ccccc2)C1. The Morgan fingerprint density at radius 2 is 1.91 bits per heavy atom. The molecule has 0 aromatic heterocycles.